The van der Waals surface area contributed by atoms with Gasteiger partial charge in [-0.1, -0.05) is 41.9 Å². The Bertz CT molecular complexity index is 2040. The number of aromatic nitrogens is 3. The maximum atomic E-state index is 13.8. The van der Waals surface area contributed by atoms with Crippen molar-refractivity contribution >= 4 is 46.6 Å². The predicted molar refractivity (Wildman–Crippen MR) is 167 cm³/mol. The average Bonchev–Trinajstić information content (AvgIpc) is 3.66. The van der Waals surface area contributed by atoms with Crippen molar-refractivity contribution in [3.05, 3.63) is 129 Å². The van der Waals surface area contributed by atoms with E-state index in [0.717, 1.165) is 11.1 Å². The third kappa shape index (κ3) is 5.89. The van der Waals surface area contributed by atoms with Gasteiger partial charge in [0.25, 0.3) is 17.7 Å². The summed E-state index contributed by atoms with van der Waals surface area (Å²) < 4.78 is 14.5. The van der Waals surface area contributed by atoms with Crippen molar-refractivity contribution < 1.29 is 28.7 Å². The lowest BCUT2D eigenvalue weighted by Crippen LogP contribution is -2.31. The number of benzene rings is 3. The van der Waals surface area contributed by atoms with E-state index in [-0.39, 0.29) is 34.7 Å². The van der Waals surface area contributed by atoms with Crippen LogP contribution in [0.15, 0.2) is 72.9 Å². The van der Waals surface area contributed by atoms with Crippen molar-refractivity contribution in [1.82, 2.24) is 25.2 Å². The topological polar surface area (TPSA) is 155 Å². The summed E-state index contributed by atoms with van der Waals surface area (Å²) in [5, 5.41) is 22.5. The lowest BCUT2D eigenvalue weighted by Gasteiger charge is -2.16. The second-order valence-corrected chi connectivity index (χ2v) is 11.1. The highest BCUT2D eigenvalue weighted by Crippen LogP contribution is 2.35. The number of hydrogen-bond donors (Lipinski definition) is 4. The number of rotatable bonds is 8. The zero-order chi connectivity index (χ0) is 32.5. The Kier molecular flexibility index (Phi) is 8.20. The van der Waals surface area contributed by atoms with E-state index in [1.54, 1.807) is 37.3 Å². The molecule has 0 bridgehead atoms. The Morgan fingerprint density at radius 3 is 2.50 bits per heavy atom. The highest BCUT2D eigenvalue weighted by Gasteiger charge is 2.29. The third-order valence-corrected chi connectivity index (χ3v) is 8.23. The Labute approximate surface area is 266 Å². The molecule has 0 spiro atoms. The second kappa shape index (κ2) is 12.4. The smallest absolute Gasteiger partial charge is 0.335 e. The van der Waals surface area contributed by atoms with Crippen LogP contribution >= 0.6 is 11.6 Å². The van der Waals surface area contributed by atoms with Crippen molar-refractivity contribution in [3.8, 4) is 0 Å². The Balaban J connectivity index is 1.34. The summed E-state index contributed by atoms with van der Waals surface area (Å²) in [6, 6.07) is 16.3. The molecule has 1 atom stereocenters. The minimum atomic E-state index is -1.02. The van der Waals surface area contributed by atoms with Gasteiger partial charge in [0.2, 0.25) is 0 Å². The third-order valence-electron chi connectivity index (χ3n) is 7.90. The van der Waals surface area contributed by atoms with Gasteiger partial charge in [0, 0.05) is 12.6 Å². The number of carboxylic acids is 1. The van der Waals surface area contributed by atoms with Crippen molar-refractivity contribution in [2.45, 2.75) is 32.4 Å². The number of carbonyl (C=O) groups is 4. The fourth-order valence-corrected chi connectivity index (χ4v) is 5.71. The standard InChI is InChI=1S/C33H26ClFN6O5/c1-17-20-12-13-25(22(20)11-10-21(17)33(45)46)39-32(44)28-14-27(31(43)36-15-18-6-8-19(35)9-7-18)38-29-23(16-37-41(28)29)30(42)40-26-5-3-2-4-24(26)34/h2-11,14,16,25H,12-13,15H2,1H3,(H,36,43)(H,39,44)(H,40,42)(H,45,46)/t25-/m1/s1. The first-order valence-corrected chi connectivity index (χ1v) is 14.6. The Morgan fingerprint density at radius 1 is 1.00 bits per heavy atom. The van der Waals surface area contributed by atoms with Crippen molar-refractivity contribution in [3.63, 3.8) is 0 Å². The quantitative estimate of drug-likeness (QED) is 0.183. The molecule has 1 aliphatic rings. The van der Waals surface area contributed by atoms with Gasteiger partial charge in [-0.25, -0.2) is 18.7 Å². The zero-order valence-electron chi connectivity index (χ0n) is 24.3. The van der Waals surface area contributed by atoms with E-state index in [1.165, 1.54) is 47.1 Å². The van der Waals surface area contributed by atoms with Gasteiger partial charge in [0.05, 0.1) is 28.5 Å². The van der Waals surface area contributed by atoms with Crippen LogP contribution in [0.3, 0.4) is 0 Å². The fraction of sp³-hybridized carbons (Fsp3) is 0.152. The number of carbonyl (C=O) groups excluding carboxylic acids is 3. The lowest BCUT2D eigenvalue weighted by molar-refractivity contribution is 0.0695. The van der Waals surface area contributed by atoms with Crippen LogP contribution in [0.25, 0.3) is 5.65 Å². The summed E-state index contributed by atoms with van der Waals surface area (Å²) in [5.41, 5.74) is 3.25. The minimum absolute atomic E-state index is 0.00908. The fourth-order valence-electron chi connectivity index (χ4n) is 5.52. The highest BCUT2D eigenvalue weighted by molar-refractivity contribution is 6.34. The number of anilines is 1. The minimum Gasteiger partial charge on any atom is -0.478 e. The molecule has 0 saturated heterocycles. The van der Waals surface area contributed by atoms with Gasteiger partial charge in [-0.2, -0.15) is 5.10 Å². The van der Waals surface area contributed by atoms with E-state index in [4.69, 9.17) is 11.6 Å². The molecule has 0 fully saturated rings. The number of nitrogens with zero attached hydrogens (tertiary/aromatic N) is 3. The first-order valence-electron chi connectivity index (χ1n) is 14.2. The first-order chi connectivity index (χ1) is 22.1. The maximum absolute atomic E-state index is 13.8. The number of amides is 3. The van der Waals surface area contributed by atoms with E-state index in [2.05, 4.69) is 26.0 Å². The molecule has 1 aliphatic carbocycles. The molecule has 11 nitrogen and oxygen atoms in total. The van der Waals surface area contributed by atoms with Crippen molar-refractivity contribution in [2.75, 3.05) is 5.32 Å². The lowest BCUT2D eigenvalue weighted by atomic mass is 9.98. The van der Waals surface area contributed by atoms with Crippen LogP contribution in [0, 0.1) is 12.7 Å². The van der Waals surface area contributed by atoms with Crippen LogP contribution in [0.5, 0.6) is 0 Å². The van der Waals surface area contributed by atoms with Crippen LogP contribution in [0.2, 0.25) is 5.02 Å². The van der Waals surface area contributed by atoms with E-state index >= 15 is 0 Å². The van der Waals surface area contributed by atoms with Crippen LogP contribution in [0.4, 0.5) is 10.1 Å². The van der Waals surface area contributed by atoms with Crippen LogP contribution in [0.1, 0.15) is 76.4 Å². The summed E-state index contributed by atoms with van der Waals surface area (Å²) in [5.74, 6) is -3.27. The van der Waals surface area contributed by atoms with E-state index in [1.807, 2.05) is 0 Å². The SMILES string of the molecule is Cc1c(C(=O)O)ccc2c1CC[C@H]2NC(=O)c1cc(C(=O)NCc2ccc(F)cc2)nc2c(C(=O)Nc3ccccc3Cl)cnn12. The van der Waals surface area contributed by atoms with E-state index in [9.17, 15) is 28.7 Å². The number of nitrogens with one attached hydrogen (secondary N) is 3. The van der Waals surface area contributed by atoms with Crippen LogP contribution < -0.4 is 16.0 Å². The van der Waals surface area contributed by atoms with Crippen LogP contribution in [-0.2, 0) is 13.0 Å². The largest absolute Gasteiger partial charge is 0.478 e. The maximum Gasteiger partial charge on any atom is 0.335 e. The second-order valence-electron chi connectivity index (χ2n) is 10.7. The normalized spacial score (nSPS) is 13.7. The number of fused-ring (bicyclic) bond motifs is 2. The molecule has 3 amide bonds. The first kappa shape index (κ1) is 30.4. The van der Waals surface area contributed by atoms with Gasteiger partial charge in [-0.15, -0.1) is 0 Å². The molecule has 5 aromatic rings. The molecule has 2 aromatic heterocycles. The van der Waals surface area contributed by atoms with Crippen molar-refractivity contribution in [1.29, 1.82) is 0 Å². The predicted octanol–water partition coefficient (Wildman–Crippen LogP) is 5.13. The van der Waals surface area contributed by atoms with Gasteiger partial charge >= 0.3 is 5.97 Å². The van der Waals surface area contributed by atoms with E-state index in [0.29, 0.717) is 34.7 Å². The number of carboxylic acid groups (broad SMARTS) is 1. The highest BCUT2D eigenvalue weighted by atomic mass is 35.5. The summed E-state index contributed by atoms with van der Waals surface area (Å²) in [7, 11) is 0. The summed E-state index contributed by atoms with van der Waals surface area (Å²) in [4.78, 5) is 56.4. The molecule has 0 radical (unpaired) electrons. The molecular weight excluding hydrogens is 615 g/mol. The Morgan fingerprint density at radius 2 is 1.76 bits per heavy atom. The molecule has 46 heavy (non-hydrogen) atoms. The molecule has 0 saturated carbocycles. The number of hydrogen-bond acceptors (Lipinski definition) is 6. The number of halogens is 2. The van der Waals surface area contributed by atoms with Crippen LogP contribution in [-0.4, -0.2) is 43.4 Å². The molecule has 232 valence electrons. The molecule has 3 aromatic carbocycles. The summed E-state index contributed by atoms with van der Waals surface area (Å²) in [6.07, 6.45) is 2.35. The molecule has 13 heteroatoms. The van der Waals surface area contributed by atoms with Gasteiger partial charge < -0.3 is 21.1 Å². The molecular formula is C33H26ClFN6O5. The molecule has 6 rings (SSSR count). The molecule has 0 unspecified atom stereocenters. The zero-order valence-corrected chi connectivity index (χ0v) is 25.1. The average molecular weight is 641 g/mol. The van der Waals surface area contributed by atoms with Gasteiger partial charge in [0.1, 0.15) is 22.8 Å². The number of para-hydroxylation sites is 1. The van der Waals surface area contributed by atoms with Crippen molar-refractivity contribution in [2.24, 2.45) is 0 Å². The summed E-state index contributed by atoms with van der Waals surface area (Å²) in [6.45, 7) is 1.80. The van der Waals surface area contributed by atoms with Gasteiger partial charge in [-0.05, 0) is 72.4 Å². The number of aromatic carboxylic acids is 1. The molecule has 4 N–H and O–H groups in total. The van der Waals surface area contributed by atoms with E-state index < -0.39 is 35.5 Å². The summed E-state index contributed by atoms with van der Waals surface area (Å²) >= 11 is 6.22. The van der Waals surface area contributed by atoms with Gasteiger partial charge in [-0.3, -0.25) is 14.4 Å². The van der Waals surface area contributed by atoms with Gasteiger partial charge in [0.15, 0.2) is 5.65 Å². The monoisotopic (exact) mass is 640 g/mol. The molecule has 0 aliphatic heterocycles. The Hall–Kier alpha value is -5.62. The molecule has 2 heterocycles.